The number of carbonyl (C=O) groups excluding carboxylic acids is 1. The third-order valence-electron chi connectivity index (χ3n) is 4.18. The molecule has 1 heterocycles. The number of ether oxygens (including phenoxy) is 3. The third-order valence-corrected chi connectivity index (χ3v) is 4.18. The van der Waals surface area contributed by atoms with Gasteiger partial charge in [-0.25, -0.2) is 0 Å². The van der Waals surface area contributed by atoms with Crippen LogP contribution in [0.2, 0.25) is 0 Å². The van der Waals surface area contributed by atoms with Gasteiger partial charge in [-0.3, -0.25) is 4.79 Å². The molecule has 0 spiro atoms. The lowest BCUT2D eigenvalue weighted by atomic mass is 9.91. The van der Waals surface area contributed by atoms with Crippen LogP contribution in [-0.2, 0) is 0 Å². The standard InChI is InChI=1S/C18H18O5/c1-10-13-6-11(9-19)7-16(22-3)18(13)23-17(10)12-4-5-14(20)15(8-12)21-2/h4-10,17,20H,1-3H3. The minimum absolute atomic E-state index is 0.0352. The fourth-order valence-corrected chi connectivity index (χ4v) is 2.95. The highest BCUT2D eigenvalue weighted by Gasteiger charge is 2.35. The number of hydrogen-bond donors (Lipinski definition) is 1. The lowest BCUT2D eigenvalue weighted by Crippen LogP contribution is -2.07. The van der Waals surface area contributed by atoms with Crippen molar-refractivity contribution >= 4 is 6.29 Å². The second-order valence-electron chi connectivity index (χ2n) is 5.52. The van der Waals surface area contributed by atoms with Crippen molar-refractivity contribution in [3.63, 3.8) is 0 Å². The Morgan fingerprint density at radius 1 is 1.13 bits per heavy atom. The summed E-state index contributed by atoms with van der Waals surface area (Å²) >= 11 is 0. The number of benzene rings is 2. The molecule has 1 N–H and O–H groups in total. The van der Waals surface area contributed by atoms with E-state index in [4.69, 9.17) is 14.2 Å². The highest BCUT2D eigenvalue weighted by Crippen LogP contribution is 2.51. The quantitative estimate of drug-likeness (QED) is 0.876. The summed E-state index contributed by atoms with van der Waals surface area (Å²) in [6.45, 7) is 2.03. The molecule has 0 aromatic heterocycles. The lowest BCUT2D eigenvalue weighted by Gasteiger charge is -2.17. The number of aldehydes is 1. The molecule has 0 aliphatic carbocycles. The van der Waals surface area contributed by atoms with E-state index in [2.05, 4.69) is 0 Å². The highest BCUT2D eigenvalue weighted by atomic mass is 16.5. The highest BCUT2D eigenvalue weighted by molar-refractivity contribution is 5.78. The summed E-state index contributed by atoms with van der Waals surface area (Å²) in [5, 5.41) is 9.74. The number of rotatable bonds is 4. The zero-order chi connectivity index (χ0) is 16.6. The van der Waals surface area contributed by atoms with Crippen molar-refractivity contribution in [3.05, 3.63) is 47.0 Å². The Kier molecular flexibility index (Phi) is 3.86. The van der Waals surface area contributed by atoms with Gasteiger partial charge < -0.3 is 19.3 Å². The molecule has 2 aromatic carbocycles. The van der Waals surface area contributed by atoms with E-state index in [-0.39, 0.29) is 17.8 Å². The maximum absolute atomic E-state index is 11.1. The molecule has 2 atom stereocenters. The summed E-state index contributed by atoms with van der Waals surface area (Å²) in [5.41, 5.74) is 2.38. The van der Waals surface area contributed by atoms with Crippen LogP contribution in [0.1, 0.15) is 40.4 Å². The number of hydrogen-bond acceptors (Lipinski definition) is 5. The molecule has 0 saturated carbocycles. The summed E-state index contributed by atoms with van der Waals surface area (Å²) in [6, 6.07) is 8.64. The number of methoxy groups -OCH3 is 2. The van der Waals surface area contributed by atoms with Crippen LogP contribution in [0.5, 0.6) is 23.0 Å². The molecule has 0 amide bonds. The third kappa shape index (κ3) is 2.48. The number of aromatic hydroxyl groups is 1. The monoisotopic (exact) mass is 314 g/mol. The summed E-state index contributed by atoms with van der Waals surface area (Å²) in [7, 11) is 3.06. The lowest BCUT2D eigenvalue weighted by molar-refractivity contribution is 0.112. The van der Waals surface area contributed by atoms with E-state index in [1.54, 1.807) is 31.4 Å². The van der Waals surface area contributed by atoms with Crippen molar-refractivity contribution in [3.8, 4) is 23.0 Å². The summed E-state index contributed by atoms with van der Waals surface area (Å²) < 4.78 is 16.6. The molecule has 5 heteroatoms. The molecule has 0 fully saturated rings. The maximum atomic E-state index is 11.1. The molecule has 0 radical (unpaired) electrons. The van der Waals surface area contributed by atoms with Crippen LogP contribution in [-0.4, -0.2) is 25.6 Å². The number of phenolic OH excluding ortho intramolecular Hbond substituents is 1. The van der Waals surface area contributed by atoms with E-state index < -0.39 is 0 Å². The zero-order valence-electron chi connectivity index (χ0n) is 13.2. The molecule has 5 nitrogen and oxygen atoms in total. The smallest absolute Gasteiger partial charge is 0.165 e. The fourth-order valence-electron chi connectivity index (χ4n) is 2.95. The largest absolute Gasteiger partial charge is 0.504 e. The first-order valence-corrected chi connectivity index (χ1v) is 7.29. The molecule has 2 aromatic rings. The van der Waals surface area contributed by atoms with Gasteiger partial charge >= 0.3 is 0 Å². The number of phenols is 1. The minimum atomic E-state index is -0.240. The normalized spacial score (nSPS) is 18.9. The van der Waals surface area contributed by atoms with Gasteiger partial charge in [-0.2, -0.15) is 0 Å². The Labute approximate surface area is 134 Å². The second-order valence-corrected chi connectivity index (χ2v) is 5.52. The van der Waals surface area contributed by atoms with Crippen molar-refractivity contribution in [1.29, 1.82) is 0 Å². The van der Waals surface area contributed by atoms with Gasteiger partial charge in [0.2, 0.25) is 0 Å². The Morgan fingerprint density at radius 2 is 1.87 bits per heavy atom. The van der Waals surface area contributed by atoms with Gasteiger partial charge in [-0.1, -0.05) is 13.0 Å². The average Bonchev–Trinajstić information content (AvgIpc) is 2.91. The average molecular weight is 314 g/mol. The molecule has 23 heavy (non-hydrogen) atoms. The van der Waals surface area contributed by atoms with Gasteiger partial charge in [0.05, 0.1) is 14.2 Å². The number of fused-ring (bicyclic) bond motifs is 1. The summed E-state index contributed by atoms with van der Waals surface area (Å²) in [5.74, 6) is 1.72. The molecule has 3 rings (SSSR count). The molecule has 120 valence electrons. The van der Waals surface area contributed by atoms with Crippen LogP contribution in [0.4, 0.5) is 0 Å². The Hall–Kier alpha value is -2.69. The van der Waals surface area contributed by atoms with Crippen LogP contribution >= 0.6 is 0 Å². The van der Waals surface area contributed by atoms with Gasteiger partial charge in [0.1, 0.15) is 12.4 Å². The zero-order valence-corrected chi connectivity index (χ0v) is 13.2. The molecule has 2 unspecified atom stereocenters. The van der Waals surface area contributed by atoms with E-state index in [0.717, 1.165) is 17.4 Å². The van der Waals surface area contributed by atoms with Crippen molar-refractivity contribution in [2.45, 2.75) is 18.9 Å². The Bertz CT molecular complexity index is 753. The molecule has 1 aliphatic rings. The van der Waals surface area contributed by atoms with Crippen LogP contribution in [0, 0.1) is 0 Å². The van der Waals surface area contributed by atoms with Gasteiger partial charge in [0.15, 0.2) is 23.0 Å². The van der Waals surface area contributed by atoms with Gasteiger partial charge in [-0.15, -0.1) is 0 Å². The van der Waals surface area contributed by atoms with Crippen molar-refractivity contribution in [2.24, 2.45) is 0 Å². The van der Waals surface area contributed by atoms with E-state index in [1.165, 1.54) is 7.11 Å². The molecule has 0 bridgehead atoms. The first-order chi connectivity index (χ1) is 11.1. The van der Waals surface area contributed by atoms with E-state index in [1.807, 2.05) is 13.0 Å². The summed E-state index contributed by atoms with van der Waals surface area (Å²) in [4.78, 5) is 11.1. The molecule has 1 aliphatic heterocycles. The predicted octanol–water partition coefficient (Wildman–Crippen LogP) is 3.46. The minimum Gasteiger partial charge on any atom is -0.504 e. The van der Waals surface area contributed by atoms with Gasteiger partial charge in [0, 0.05) is 17.0 Å². The van der Waals surface area contributed by atoms with Crippen LogP contribution in [0.25, 0.3) is 0 Å². The second kappa shape index (κ2) is 5.83. The van der Waals surface area contributed by atoms with E-state index >= 15 is 0 Å². The Morgan fingerprint density at radius 3 is 2.52 bits per heavy atom. The van der Waals surface area contributed by atoms with Crippen molar-refractivity contribution in [2.75, 3.05) is 14.2 Å². The van der Waals surface area contributed by atoms with Crippen LogP contribution < -0.4 is 14.2 Å². The summed E-state index contributed by atoms with van der Waals surface area (Å²) in [6.07, 6.45) is 0.558. The first kappa shape index (κ1) is 15.2. The van der Waals surface area contributed by atoms with Gasteiger partial charge in [0.25, 0.3) is 0 Å². The number of carbonyl (C=O) groups is 1. The van der Waals surface area contributed by atoms with E-state index in [0.29, 0.717) is 22.8 Å². The molecular weight excluding hydrogens is 296 g/mol. The van der Waals surface area contributed by atoms with Crippen LogP contribution in [0.3, 0.4) is 0 Å². The fraction of sp³-hybridized carbons (Fsp3) is 0.278. The van der Waals surface area contributed by atoms with Crippen LogP contribution in [0.15, 0.2) is 30.3 Å². The first-order valence-electron chi connectivity index (χ1n) is 7.29. The predicted molar refractivity (Wildman–Crippen MR) is 84.8 cm³/mol. The van der Waals surface area contributed by atoms with Crippen molar-refractivity contribution < 1.29 is 24.1 Å². The molecule has 0 saturated heterocycles. The Balaban J connectivity index is 2.03. The van der Waals surface area contributed by atoms with Gasteiger partial charge in [-0.05, 0) is 29.8 Å². The molecular formula is C18H18O5. The van der Waals surface area contributed by atoms with Crippen molar-refractivity contribution in [1.82, 2.24) is 0 Å². The van der Waals surface area contributed by atoms with E-state index in [9.17, 15) is 9.90 Å². The topological polar surface area (TPSA) is 65.0 Å². The maximum Gasteiger partial charge on any atom is 0.165 e. The SMILES string of the molecule is COc1cc(C2Oc3c(OC)cc(C=O)cc3C2C)ccc1O.